The van der Waals surface area contributed by atoms with Gasteiger partial charge in [0.25, 0.3) is 5.78 Å². The van der Waals surface area contributed by atoms with Crippen LogP contribution in [0.1, 0.15) is 64.2 Å². The third kappa shape index (κ3) is 16.1. The van der Waals surface area contributed by atoms with E-state index in [1.807, 2.05) is 12.3 Å². The Morgan fingerprint density at radius 2 is 1.32 bits per heavy atom. The van der Waals surface area contributed by atoms with Crippen molar-refractivity contribution in [1.82, 2.24) is 9.80 Å². The monoisotopic (exact) mass is 856 g/mol. The van der Waals surface area contributed by atoms with Crippen LogP contribution in [0.2, 0.25) is 0 Å². The minimum absolute atomic E-state index is 0.114. The molecule has 0 aliphatic heterocycles. The molecule has 0 unspecified atom stereocenters. The molecular weight excluding hydrogens is 825 g/mol. The van der Waals surface area contributed by atoms with Crippen molar-refractivity contribution >= 4 is 65.7 Å². The summed E-state index contributed by atoms with van der Waals surface area (Å²) < 4.78 is 36.7. The molecule has 0 heterocycles. The molecule has 5 nitrogen and oxygen atoms in total. The molecule has 192 valence electrons. The van der Waals surface area contributed by atoms with Gasteiger partial charge in [-0.05, 0) is 25.7 Å². The number of hydrogen-bond donors (Lipinski definition) is 0. The van der Waals surface area contributed by atoms with E-state index in [2.05, 4.69) is 71.9 Å². The molecule has 0 radical (unpaired) electrons. The molecule has 2 fully saturated rings. The van der Waals surface area contributed by atoms with Gasteiger partial charge >= 0.3 is 71.0 Å². The third-order valence-electron chi connectivity index (χ3n) is 5.64. The summed E-state index contributed by atoms with van der Waals surface area (Å²) in [6.07, 6.45) is 11.0. The van der Waals surface area contributed by atoms with Crippen LogP contribution in [0, 0.1) is 22.7 Å². The van der Waals surface area contributed by atoms with Crippen molar-refractivity contribution in [3.05, 3.63) is 24.0 Å². The Bertz CT molecular complexity index is 736. The van der Waals surface area contributed by atoms with E-state index in [-0.39, 0.29) is 11.0 Å². The van der Waals surface area contributed by atoms with Crippen LogP contribution in [0.25, 0.3) is 0 Å². The Kier molecular flexibility index (Phi) is 19.6. The zero-order valence-corrected chi connectivity index (χ0v) is 27.2. The van der Waals surface area contributed by atoms with Crippen LogP contribution in [0.15, 0.2) is 24.0 Å². The number of rotatable bonds is 5. The van der Waals surface area contributed by atoms with Crippen LogP contribution in [0.4, 0.5) is 13.2 Å². The number of allylic oxidation sites excluding steroid dienone is 2. The van der Waals surface area contributed by atoms with Gasteiger partial charge < -0.3 is 9.80 Å². The fourth-order valence-corrected chi connectivity index (χ4v) is 3.85. The zero-order valence-electron chi connectivity index (χ0n) is 19.4. The maximum absolute atomic E-state index is 12.2. The fourth-order valence-electron chi connectivity index (χ4n) is 3.85. The standard InChI is InChI=1S/C12H15F3N2O.C10H16N2.3HI.V/c1-17(10-5-3-2-4-6-10)8-9(7-16)11(18)12(13,14)15;1-12(9-5-8-11)10-6-3-2-4-7-10;;;;/h8,10H,2-6H2,1H3;5,9-10H,2-4,6-7H2,1H3;3*1H;/q;;;;;+3/p-3/b;9-5-;;;;. The fraction of sp³-hybridized carbons (Fsp3) is 0.682. The number of Topliss-reactive ketones (excluding diaryl/α,β-unsaturated/α-hetero) is 1. The predicted molar refractivity (Wildman–Crippen MR) is 151 cm³/mol. The molecule has 2 aliphatic rings. The Balaban J connectivity index is 0.000000584. The van der Waals surface area contributed by atoms with E-state index >= 15 is 0 Å². The van der Waals surface area contributed by atoms with Crippen LogP contribution >= 0.6 is 59.9 Å². The predicted octanol–water partition coefficient (Wildman–Crippen LogP) is 7.73. The van der Waals surface area contributed by atoms with Gasteiger partial charge in [-0.3, -0.25) is 4.79 Å². The molecule has 0 saturated heterocycles. The molecule has 0 N–H and O–H groups in total. The zero-order chi connectivity index (χ0) is 26.1. The molecule has 0 amide bonds. The first-order valence-corrected chi connectivity index (χ1v) is 24.5. The Hall–Kier alpha value is 0.294. The second-order valence-electron chi connectivity index (χ2n) is 8.03. The van der Waals surface area contributed by atoms with Gasteiger partial charge in [-0.2, -0.15) is 23.7 Å². The molecule has 0 bridgehead atoms. The molecule has 0 spiro atoms. The van der Waals surface area contributed by atoms with E-state index in [4.69, 9.17) is 10.5 Å². The van der Waals surface area contributed by atoms with E-state index in [1.165, 1.54) is 38.2 Å². The van der Waals surface area contributed by atoms with E-state index < -0.39 is 17.5 Å². The molecule has 0 aromatic carbocycles. The Morgan fingerprint density at radius 1 is 0.912 bits per heavy atom. The van der Waals surface area contributed by atoms with Crippen molar-refractivity contribution in [2.75, 3.05) is 14.1 Å². The molecule has 0 aromatic heterocycles. The summed E-state index contributed by atoms with van der Waals surface area (Å²) in [7, 11) is 3.67. The first kappa shape index (κ1) is 34.3. The van der Waals surface area contributed by atoms with E-state index in [0.717, 1.165) is 38.3 Å². The van der Waals surface area contributed by atoms with Gasteiger partial charge in [0, 0.05) is 44.7 Å². The summed E-state index contributed by atoms with van der Waals surface area (Å²) in [6, 6.07) is 4.13. The molecular formula is C22H31F3I3N4OV. The summed E-state index contributed by atoms with van der Waals surface area (Å²) in [4.78, 5) is 14.4. The molecule has 2 rings (SSSR count). The third-order valence-corrected chi connectivity index (χ3v) is 5.64. The summed E-state index contributed by atoms with van der Waals surface area (Å²) in [5.41, 5.74) is -0.851. The van der Waals surface area contributed by atoms with E-state index in [1.54, 1.807) is 18.0 Å². The normalized spacial score (nSPS) is 17.6. The van der Waals surface area contributed by atoms with Gasteiger partial charge in [0.05, 0.1) is 6.07 Å². The molecule has 0 aromatic rings. The molecule has 0 atom stereocenters. The van der Waals surface area contributed by atoms with Crippen molar-refractivity contribution < 1.29 is 22.9 Å². The average Bonchev–Trinajstić information content (AvgIpc) is 2.81. The summed E-state index contributed by atoms with van der Waals surface area (Å²) in [5, 5.41) is 17.0. The van der Waals surface area contributed by atoms with E-state index in [0.29, 0.717) is 6.04 Å². The number of nitriles is 2. The Morgan fingerprint density at radius 3 is 1.68 bits per heavy atom. The van der Waals surface area contributed by atoms with Crippen LogP contribution < -0.4 is 0 Å². The minimum atomic E-state index is -4.99. The maximum atomic E-state index is 12.2. The molecule has 2 saturated carbocycles. The van der Waals surface area contributed by atoms with Gasteiger partial charge in [0.2, 0.25) is 0 Å². The molecule has 2 aliphatic carbocycles. The summed E-state index contributed by atoms with van der Waals surface area (Å²) in [5.74, 6) is -2.08. The van der Waals surface area contributed by atoms with Crippen LogP contribution in [0.5, 0.6) is 0 Å². The van der Waals surface area contributed by atoms with Crippen LogP contribution in [-0.2, 0) is 9.72 Å². The SMILES string of the molecule is CN(/C=C\C#N)C1CCCCC1.CN(C=C(C#N)C(=O)C(F)(F)F)C1CCCCC1.[I][V]([I])[I]. The number of carbonyl (C=O) groups excluding carboxylic acids is 1. The van der Waals surface area contributed by atoms with Gasteiger partial charge in [-0.25, -0.2) is 0 Å². The van der Waals surface area contributed by atoms with Gasteiger partial charge in [-0.15, -0.1) is 0 Å². The quantitative estimate of drug-likeness (QED) is 0.161. The number of alkyl halides is 3. The van der Waals surface area contributed by atoms with Crippen molar-refractivity contribution in [3.8, 4) is 12.1 Å². The van der Waals surface area contributed by atoms with Gasteiger partial charge in [0.1, 0.15) is 11.6 Å². The van der Waals surface area contributed by atoms with Crippen molar-refractivity contribution in [3.63, 3.8) is 0 Å². The van der Waals surface area contributed by atoms with Crippen LogP contribution in [-0.4, -0.2) is 47.9 Å². The van der Waals surface area contributed by atoms with Gasteiger partial charge in [-0.1, -0.05) is 38.5 Å². The topological polar surface area (TPSA) is 71.1 Å². The molecule has 34 heavy (non-hydrogen) atoms. The number of hydrogen-bond acceptors (Lipinski definition) is 5. The number of ketones is 1. The first-order valence-electron chi connectivity index (χ1n) is 10.9. The van der Waals surface area contributed by atoms with Crippen molar-refractivity contribution in [1.29, 1.82) is 10.5 Å². The second-order valence-corrected chi connectivity index (χ2v) is 43.4. The van der Waals surface area contributed by atoms with Crippen molar-refractivity contribution in [2.45, 2.75) is 82.5 Å². The summed E-state index contributed by atoms with van der Waals surface area (Å²) >= 11 is 7.39. The van der Waals surface area contributed by atoms with Crippen LogP contribution in [0.3, 0.4) is 0 Å². The second kappa shape index (κ2) is 19.4. The number of halogens is 6. The number of carbonyl (C=O) groups is 1. The molecule has 12 heteroatoms. The first-order chi connectivity index (χ1) is 15.9. The summed E-state index contributed by atoms with van der Waals surface area (Å²) in [6.45, 7) is 0. The van der Waals surface area contributed by atoms with Crippen molar-refractivity contribution in [2.24, 2.45) is 0 Å². The Labute approximate surface area is 239 Å². The van der Waals surface area contributed by atoms with E-state index in [9.17, 15) is 18.0 Å². The van der Waals surface area contributed by atoms with Gasteiger partial charge in [0.15, 0.2) is 0 Å². The average molecular weight is 856 g/mol. The number of nitrogens with zero attached hydrogens (tertiary/aromatic N) is 4.